The Morgan fingerprint density at radius 1 is 1.44 bits per heavy atom. The Morgan fingerprint density at radius 2 is 2.06 bits per heavy atom. The number of nitrogen functional groups attached to an aromatic ring is 1. The fraction of sp³-hybridized carbons (Fsp3) is 0.333. The van der Waals surface area contributed by atoms with Gasteiger partial charge in [0.25, 0.3) is 5.91 Å². The minimum atomic E-state index is -1.99. The van der Waals surface area contributed by atoms with Gasteiger partial charge in [-0.15, -0.1) is 0 Å². The van der Waals surface area contributed by atoms with Crippen LogP contribution >= 0.6 is 0 Å². The molecule has 0 saturated heterocycles. The highest BCUT2D eigenvalue weighted by molar-refractivity contribution is 5.95. The molecule has 1 aromatic carbocycles. The number of carbonyl (C=O) groups excluding carboxylic acids is 1. The molecule has 1 aromatic rings. The molecule has 1 atom stereocenters. The zero-order chi connectivity index (χ0) is 13.9. The average Bonchev–Trinajstić information content (AvgIpc) is 2.29. The third-order valence-corrected chi connectivity index (χ3v) is 2.59. The van der Waals surface area contributed by atoms with Crippen molar-refractivity contribution in [2.24, 2.45) is 0 Å². The van der Waals surface area contributed by atoms with Gasteiger partial charge < -0.3 is 21.3 Å². The highest BCUT2D eigenvalue weighted by Gasteiger charge is 2.30. The van der Waals surface area contributed by atoms with E-state index in [1.165, 1.54) is 6.07 Å². The monoisotopic (exact) mass is 252 g/mol. The Balaban J connectivity index is 2.72. The van der Waals surface area contributed by atoms with E-state index in [0.29, 0.717) is 11.3 Å². The van der Waals surface area contributed by atoms with Crippen molar-refractivity contribution in [3.05, 3.63) is 29.3 Å². The number of nitrogens with two attached hydrogens (primary N) is 1. The molecule has 0 fully saturated rings. The summed E-state index contributed by atoms with van der Waals surface area (Å²) in [6, 6.07) is 4.73. The summed E-state index contributed by atoms with van der Waals surface area (Å²) in [5.41, 5.74) is 5.33. The van der Waals surface area contributed by atoms with Crippen LogP contribution in [0.15, 0.2) is 18.2 Å². The third kappa shape index (κ3) is 3.21. The van der Waals surface area contributed by atoms with Crippen molar-refractivity contribution in [1.82, 2.24) is 5.32 Å². The van der Waals surface area contributed by atoms with Crippen LogP contribution in [0.1, 0.15) is 22.8 Å². The second kappa shape index (κ2) is 5.05. The van der Waals surface area contributed by atoms with Gasteiger partial charge in [-0.25, -0.2) is 4.79 Å². The van der Waals surface area contributed by atoms with E-state index >= 15 is 0 Å². The van der Waals surface area contributed by atoms with Gasteiger partial charge in [-0.1, -0.05) is 0 Å². The maximum atomic E-state index is 11.7. The summed E-state index contributed by atoms with van der Waals surface area (Å²) < 4.78 is 0. The quantitative estimate of drug-likeness (QED) is 0.569. The lowest BCUT2D eigenvalue weighted by Crippen LogP contribution is -2.46. The number of aryl methyl sites for hydroxylation is 1. The van der Waals surface area contributed by atoms with Gasteiger partial charge in [-0.05, 0) is 37.6 Å². The zero-order valence-electron chi connectivity index (χ0n) is 10.2. The van der Waals surface area contributed by atoms with E-state index in [0.717, 1.165) is 12.5 Å². The van der Waals surface area contributed by atoms with Crippen molar-refractivity contribution >= 4 is 17.6 Å². The van der Waals surface area contributed by atoms with Crippen molar-refractivity contribution in [2.45, 2.75) is 19.4 Å². The van der Waals surface area contributed by atoms with E-state index in [4.69, 9.17) is 10.8 Å². The largest absolute Gasteiger partial charge is 0.479 e. The molecule has 1 amide bonds. The van der Waals surface area contributed by atoms with Gasteiger partial charge in [0.2, 0.25) is 0 Å². The molecule has 0 bridgehead atoms. The molecule has 6 nitrogen and oxygen atoms in total. The number of nitrogens with one attached hydrogen (secondary N) is 1. The number of hydrogen-bond acceptors (Lipinski definition) is 4. The summed E-state index contributed by atoms with van der Waals surface area (Å²) >= 11 is 0. The van der Waals surface area contributed by atoms with Gasteiger partial charge in [-0.2, -0.15) is 0 Å². The Hall–Kier alpha value is -2.08. The first-order valence-electron chi connectivity index (χ1n) is 5.34. The minimum absolute atomic E-state index is 0.364. The number of carboxylic acids is 1. The second-order valence-corrected chi connectivity index (χ2v) is 4.33. The first-order chi connectivity index (χ1) is 8.24. The summed E-state index contributed by atoms with van der Waals surface area (Å²) in [4.78, 5) is 22.4. The lowest BCUT2D eigenvalue weighted by atomic mass is 10.1. The fourth-order valence-electron chi connectivity index (χ4n) is 1.25. The van der Waals surface area contributed by atoms with E-state index in [1.807, 2.05) is 0 Å². The molecule has 0 aliphatic heterocycles. The highest BCUT2D eigenvalue weighted by Crippen LogP contribution is 2.12. The zero-order valence-corrected chi connectivity index (χ0v) is 10.2. The van der Waals surface area contributed by atoms with E-state index in [9.17, 15) is 14.7 Å². The van der Waals surface area contributed by atoms with E-state index in [-0.39, 0.29) is 6.54 Å². The van der Waals surface area contributed by atoms with Gasteiger partial charge in [0.1, 0.15) is 0 Å². The van der Waals surface area contributed by atoms with Crippen LogP contribution in [0.25, 0.3) is 0 Å². The lowest BCUT2D eigenvalue weighted by Gasteiger charge is -2.18. The van der Waals surface area contributed by atoms with Gasteiger partial charge in [0, 0.05) is 11.3 Å². The number of anilines is 1. The maximum absolute atomic E-state index is 11.7. The summed E-state index contributed by atoms with van der Waals surface area (Å²) in [5.74, 6) is -1.85. The van der Waals surface area contributed by atoms with E-state index < -0.39 is 17.5 Å². The minimum Gasteiger partial charge on any atom is -0.479 e. The van der Waals surface area contributed by atoms with Crippen LogP contribution < -0.4 is 11.1 Å². The number of rotatable bonds is 4. The number of amides is 1. The van der Waals surface area contributed by atoms with Gasteiger partial charge in [0.15, 0.2) is 5.60 Å². The van der Waals surface area contributed by atoms with Gasteiger partial charge in [0.05, 0.1) is 6.54 Å². The average molecular weight is 252 g/mol. The highest BCUT2D eigenvalue weighted by atomic mass is 16.4. The number of aliphatic carboxylic acids is 1. The fourth-order valence-corrected chi connectivity index (χ4v) is 1.25. The number of hydrogen-bond donors (Lipinski definition) is 4. The van der Waals surface area contributed by atoms with E-state index in [1.54, 1.807) is 19.1 Å². The van der Waals surface area contributed by atoms with Crippen LogP contribution in [0.2, 0.25) is 0 Å². The van der Waals surface area contributed by atoms with Gasteiger partial charge >= 0.3 is 5.97 Å². The number of aliphatic hydroxyl groups is 1. The van der Waals surface area contributed by atoms with Crippen molar-refractivity contribution in [3.8, 4) is 0 Å². The topological polar surface area (TPSA) is 113 Å². The molecule has 0 heterocycles. The summed E-state index contributed by atoms with van der Waals surface area (Å²) in [6.45, 7) is 2.51. The Kier molecular flexibility index (Phi) is 3.93. The van der Waals surface area contributed by atoms with Crippen LogP contribution in [0.3, 0.4) is 0 Å². The van der Waals surface area contributed by atoms with Crippen LogP contribution in [-0.4, -0.2) is 34.2 Å². The molecule has 5 N–H and O–H groups in total. The molecular formula is C12H16N2O4. The van der Waals surface area contributed by atoms with Crippen molar-refractivity contribution in [1.29, 1.82) is 0 Å². The van der Waals surface area contributed by atoms with E-state index in [2.05, 4.69) is 5.32 Å². The summed E-state index contributed by atoms with van der Waals surface area (Å²) in [6.07, 6.45) is 0. The van der Waals surface area contributed by atoms with Crippen molar-refractivity contribution in [2.75, 3.05) is 12.3 Å². The first kappa shape index (κ1) is 14.0. The molecule has 6 heteroatoms. The number of carbonyl (C=O) groups is 2. The van der Waals surface area contributed by atoms with Crippen molar-refractivity contribution in [3.63, 3.8) is 0 Å². The summed E-state index contributed by atoms with van der Waals surface area (Å²) in [7, 11) is 0. The number of benzene rings is 1. The molecule has 0 saturated carbocycles. The Bertz CT molecular complexity index is 483. The SMILES string of the molecule is Cc1cc(C(=O)NCC(C)(O)C(=O)O)ccc1N. The lowest BCUT2D eigenvalue weighted by molar-refractivity contribution is -0.155. The Morgan fingerprint density at radius 3 is 2.56 bits per heavy atom. The number of carboxylic acid groups (broad SMARTS) is 1. The predicted molar refractivity (Wildman–Crippen MR) is 66.2 cm³/mol. The van der Waals surface area contributed by atoms with Crippen molar-refractivity contribution < 1.29 is 19.8 Å². The Labute approximate surface area is 104 Å². The molecule has 0 aliphatic carbocycles. The van der Waals surface area contributed by atoms with Crippen LogP contribution in [-0.2, 0) is 4.79 Å². The van der Waals surface area contributed by atoms with Crippen LogP contribution in [0.4, 0.5) is 5.69 Å². The molecule has 0 spiro atoms. The molecule has 0 radical (unpaired) electrons. The molecule has 18 heavy (non-hydrogen) atoms. The molecular weight excluding hydrogens is 236 g/mol. The molecule has 0 aliphatic rings. The first-order valence-corrected chi connectivity index (χ1v) is 5.34. The van der Waals surface area contributed by atoms with Crippen LogP contribution in [0.5, 0.6) is 0 Å². The maximum Gasteiger partial charge on any atom is 0.337 e. The molecule has 0 aromatic heterocycles. The molecule has 98 valence electrons. The van der Waals surface area contributed by atoms with Crippen LogP contribution in [0, 0.1) is 6.92 Å². The molecule has 1 rings (SSSR count). The molecule has 1 unspecified atom stereocenters. The summed E-state index contributed by atoms with van der Waals surface area (Å²) in [5, 5.41) is 20.5. The van der Waals surface area contributed by atoms with Gasteiger partial charge in [-0.3, -0.25) is 4.79 Å². The normalized spacial score (nSPS) is 13.7. The third-order valence-electron chi connectivity index (χ3n) is 2.59. The smallest absolute Gasteiger partial charge is 0.337 e. The second-order valence-electron chi connectivity index (χ2n) is 4.33. The standard InChI is InChI=1S/C12H16N2O4/c1-7-5-8(3-4-9(7)13)10(15)14-6-12(2,18)11(16)17/h3-5,18H,6,13H2,1-2H3,(H,14,15)(H,16,17). The predicted octanol–water partition coefficient (Wildman–Crippen LogP) is 0.143.